The van der Waals surface area contributed by atoms with Crippen molar-refractivity contribution in [2.24, 2.45) is 0 Å². The van der Waals surface area contributed by atoms with Crippen molar-refractivity contribution in [1.29, 1.82) is 0 Å². The number of rotatable bonds is 6. The SMILES string of the molecule is Cc1sc(NC(=O)CCCN2C(=O)NC(C)(C)C2=O)nc1-c1ccc(F)c(F)c1. The van der Waals surface area contributed by atoms with Crippen LogP contribution in [0.3, 0.4) is 0 Å². The van der Waals surface area contributed by atoms with Crippen LogP contribution >= 0.6 is 11.3 Å². The predicted octanol–water partition coefficient (Wildman–Crippen LogP) is 3.45. The molecule has 7 nitrogen and oxygen atoms in total. The Morgan fingerprint density at radius 1 is 1.28 bits per heavy atom. The first-order valence-electron chi connectivity index (χ1n) is 8.95. The number of aromatic nitrogens is 1. The van der Waals surface area contributed by atoms with Crippen molar-refractivity contribution < 1.29 is 23.2 Å². The number of hydrogen-bond acceptors (Lipinski definition) is 5. The van der Waals surface area contributed by atoms with Crippen LogP contribution in [-0.2, 0) is 9.59 Å². The lowest BCUT2D eigenvalue weighted by Crippen LogP contribution is -2.40. The van der Waals surface area contributed by atoms with Crippen molar-refractivity contribution in [1.82, 2.24) is 15.2 Å². The maximum atomic E-state index is 13.5. The molecule has 0 bridgehead atoms. The van der Waals surface area contributed by atoms with E-state index < -0.39 is 23.2 Å². The smallest absolute Gasteiger partial charge is 0.324 e. The van der Waals surface area contributed by atoms with E-state index in [1.54, 1.807) is 20.8 Å². The maximum Gasteiger partial charge on any atom is 0.325 e. The first kappa shape index (κ1) is 20.8. The van der Waals surface area contributed by atoms with E-state index in [2.05, 4.69) is 15.6 Å². The molecule has 154 valence electrons. The van der Waals surface area contributed by atoms with E-state index in [1.807, 2.05) is 0 Å². The summed E-state index contributed by atoms with van der Waals surface area (Å²) in [5, 5.41) is 5.58. The number of amides is 4. The number of carbonyl (C=O) groups excluding carboxylic acids is 3. The highest BCUT2D eigenvalue weighted by atomic mass is 32.1. The first-order valence-corrected chi connectivity index (χ1v) is 9.77. The minimum absolute atomic E-state index is 0.0939. The highest BCUT2D eigenvalue weighted by Crippen LogP contribution is 2.31. The Morgan fingerprint density at radius 3 is 2.62 bits per heavy atom. The number of imide groups is 1. The second-order valence-electron chi connectivity index (χ2n) is 7.22. The fourth-order valence-corrected chi connectivity index (χ4v) is 3.81. The number of urea groups is 1. The third-order valence-electron chi connectivity index (χ3n) is 4.47. The molecule has 0 spiro atoms. The van der Waals surface area contributed by atoms with Crippen molar-refractivity contribution in [3.63, 3.8) is 0 Å². The standard InChI is InChI=1S/C19H20F2N4O3S/c1-10-15(11-6-7-12(20)13(21)9-11)23-17(29-10)22-14(26)5-4-8-25-16(27)19(2,3)24-18(25)28/h6-7,9H,4-5,8H2,1-3H3,(H,24,28)(H,22,23,26). The van der Waals surface area contributed by atoms with E-state index in [1.165, 1.54) is 17.4 Å². The van der Waals surface area contributed by atoms with Gasteiger partial charge in [-0.2, -0.15) is 0 Å². The van der Waals surface area contributed by atoms with E-state index in [-0.39, 0.29) is 24.8 Å². The van der Waals surface area contributed by atoms with Crippen LogP contribution in [0, 0.1) is 18.6 Å². The lowest BCUT2D eigenvalue weighted by molar-refractivity contribution is -0.130. The van der Waals surface area contributed by atoms with Crippen molar-refractivity contribution >= 4 is 34.3 Å². The summed E-state index contributed by atoms with van der Waals surface area (Å²) < 4.78 is 26.6. The molecule has 1 aromatic heterocycles. The third kappa shape index (κ3) is 4.42. The normalized spacial score (nSPS) is 15.6. The average molecular weight is 422 g/mol. The van der Waals surface area contributed by atoms with Gasteiger partial charge in [0.15, 0.2) is 16.8 Å². The largest absolute Gasteiger partial charge is 0.325 e. The van der Waals surface area contributed by atoms with Crippen LogP contribution in [0.1, 0.15) is 31.6 Å². The third-order valence-corrected chi connectivity index (χ3v) is 5.35. The lowest BCUT2D eigenvalue weighted by Gasteiger charge is -2.15. The second kappa shape index (κ2) is 7.86. The van der Waals surface area contributed by atoms with E-state index in [4.69, 9.17) is 0 Å². The van der Waals surface area contributed by atoms with Crippen LogP contribution < -0.4 is 10.6 Å². The van der Waals surface area contributed by atoms with Crippen molar-refractivity contribution in [2.45, 2.75) is 39.2 Å². The van der Waals surface area contributed by atoms with Gasteiger partial charge in [-0.3, -0.25) is 14.5 Å². The summed E-state index contributed by atoms with van der Waals surface area (Å²) in [5.74, 6) is -2.55. The number of carbonyl (C=O) groups is 3. The molecule has 3 rings (SSSR count). The molecule has 4 amide bonds. The number of hydrogen-bond donors (Lipinski definition) is 2. The first-order chi connectivity index (χ1) is 13.6. The molecule has 0 atom stereocenters. The van der Waals surface area contributed by atoms with Gasteiger partial charge >= 0.3 is 6.03 Å². The molecule has 0 radical (unpaired) electrons. The van der Waals surface area contributed by atoms with Gasteiger partial charge in [-0.25, -0.2) is 18.6 Å². The predicted molar refractivity (Wildman–Crippen MR) is 104 cm³/mol. The molecule has 0 saturated carbocycles. The summed E-state index contributed by atoms with van der Waals surface area (Å²) in [6, 6.07) is 3.04. The fourth-order valence-electron chi connectivity index (χ4n) is 2.96. The van der Waals surface area contributed by atoms with Crippen LogP contribution in [0.25, 0.3) is 11.3 Å². The van der Waals surface area contributed by atoms with Gasteiger partial charge in [0.25, 0.3) is 5.91 Å². The summed E-state index contributed by atoms with van der Waals surface area (Å²) in [5.41, 5.74) is -0.0568. The molecule has 1 fully saturated rings. The van der Waals surface area contributed by atoms with Gasteiger partial charge in [0, 0.05) is 23.4 Å². The Hall–Kier alpha value is -2.88. The number of aryl methyl sites for hydroxylation is 1. The zero-order valence-electron chi connectivity index (χ0n) is 16.1. The van der Waals surface area contributed by atoms with Gasteiger partial charge < -0.3 is 10.6 Å². The van der Waals surface area contributed by atoms with Crippen LogP contribution in [0.15, 0.2) is 18.2 Å². The molecular formula is C19H20F2N4O3S. The van der Waals surface area contributed by atoms with Crippen LogP contribution in [-0.4, -0.2) is 39.8 Å². The molecule has 2 aromatic rings. The Labute approximate surface area is 170 Å². The minimum atomic E-state index is -0.968. The topological polar surface area (TPSA) is 91.4 Å². The van der Waals surface area contributed by atoms with E-state index in [9.17, 15) is 23.2 Å². The quantitative estimate of drug-likeness (QED) is 0.698. The zero-order valence-corrected chi connectivity index (χ0v) is 17.0. The van der Waals surface area contributed by atoms with E-state index in [0.29, 0.717) is 22.8 Å². The summed E-state index contributed by atoms with van der Waals surface area (Å²) in [7, 11) is 0. The van der Waals surface area contributed by atoms with E-state index >= 15 is 0 Å². The van der Waals surface area contributed by atoms with Gasteiger partial charge in [0.1, 0.15) is 5.54 Å². The monoisotopic (exact) mass is 422 g/mol. The van der Waals surface area contributed by atoms with Crippen LogP contribution in [0.5, 0.6) is 0 Å². The maximum absolute atomic E-state index is 13.5. The highest BCUT2D eigenvalue weighted by molar-refractivity contribution is 7.16. The van der Waals surface area contributed by atoms with Crippen molar-refractivity contribution in [2.75, 3.05) is 11.9 Å². The molecule has 1 saturated heterocycles. The number of nitrogens with one attached hydrogen (secondary N) is 2. The zero-order chi connectivity index (χ0) is 21.3. The second-order valence-corrected chi connectivity index (χ2v) is 8.42. The van der Waals surface area contributed by atoms with Gasteiger partial charge in [0.2, 0.25) is 5.91 Å². The fraction of sp³-hybridized carbons (Fsp3) is 0.368. The molecule has 2 heterocycles. The molecular weight excluding hydrogens is 402 g/mol. The molecule has 1 aromatic carbocycles. The highest BCUT2D eigenvalue weighted by Gasteiger charge is 2.43. The van der Waals surface area contributed by atoms with Crippen LogP contribution in [0.4, 0.5) is 18.7 Å². The molecule has 1 aliphatic heterocycles. The molecule has 0 unspecified atom stereocenters. The van der Waals surface area contributed by atoms with Gasteiger partial charge in [-0.15, -0.1) is 11.3 Å². The Balaban J connectivity index is 1.57. The summed E-state index contributed by atoms with van der Waals surface area (Å²) >= 11 is 1.22. The molecule has 2 N–H and O–H groups in total. The summed E-state index contributed by atoms with van der Waals surface area (Å²) in [6.07, 6.45) is 0.401. The van der Waals surface area contributed by atoms with Gasteiger partial charge in [-0.05, 0) is 45.4 Å². The number of anilines is 1. The Bertz CT molecular complexity index is 990. The average Bonchev–Trinajstić information content (AvgIpc) is 3.08. The Morgan fingerprint density at radius 2 is 2.00 bits per heavy atom. The van der Waals surface area contributed by atoms with Crippen molar-refractivity contribution in [3.05, 3.63) is 34.7 Å². The number of thiazole rings is 1. The number of halogens is 2. The summed E-state index contributed by atoms with van der Waals surface area (Å²) in [4.78, 5) is 42.2. The lowest BCUT2D eigenvalue weighted by atomic mass is 10.1. The van der Waals surface area contributed by atoms with Crippen molar-refractivity contribution in [3.8, 4) is 11.3 Å². The molecule has 0 aliphatic carbocycles. The van der Waals surface area contributed by atoms with Gasteiger partial charge in [0.05, 0.1) is 5.69 Å². The Kier molecular flexibility index (Phi) is 5.65. The van der Waals surface area contributed by atoms with Gasteiger partial charge in [-0.1, -0.05) is 0 Å². The number of nitrogens with zero attached hydrogens (tertiary/aromatic N) is 2. The number of benzene rings is 1. The molecule has 29 heavy (non-hydrogen) atoms. The molecule has 10 heteroatoms. The molecule has 1 aliphatic rings. The minimum Gasteiger partial charge on any atom is -0.324 e. The van der Waals surface area contributed by atoms with Crippen LogP contribution in [0.2, 0.25) is 0 Å². The summed E-state index contributed by atoms with van der Waals surface area (Å²) in [6.45, 7) is 5.15. The van der Waals surface area contributed by atoms with E-state index in [0.717, 1.165) is 21.9 Å².